The molecule has 1 aliphatic heterocycles. The minimum Gasteiger partial charge on any atom is -0.393 e. The highest BCUT2D eigenvalue weighted by atomic mass is 28.2. The molecule has 0 radical (unpaired) electrons. The first kappa shape index (κ1) is 20.2. The lowest BCUT2D eigenvalue weighted by molar-refractivity contribution is -0.780. The molecule has 1 atom stereocenters. The van der Waals surface area contributed by atoms with Gasteiger partial charge in [0.1, 0.15) is 0 Å². The van der Waals surface area contributed by atoms with E-state index in [1.807, 2.05) is 0 Å². The summed E-state index contributed by atoms with van der Waals surface area (Å²) in [5.74, 6) is 0. The summed E-state index contributed by atoms with van der Waals surface area (Å²) in [5, 5.41) is 0. The van der Waals surface area contributed by atoms with Gasteiger partial charge in [0.15, 0.2) is 0 Å². The van der Waals surface area contributed by atoms with Crippen LogP contribution in [0.4, 0.5) is 0 Å². The second-order valence-electron chi connectivity index (χ2n) is 8.11. The van der Waals surface area contributed by atoms with E-state index in [1.165, 1.54) is 87.7 Å². The van der Waals surface area contributed by atoms with Gasteiger partial charge in [-0.2, -0.15) is 0 Å². The van der Waals surface area contributed by atoms with Gasteiger partial charge < -0.3 is 8.89 Å². The average Bonchev–Trinajstić information content (AvgIpc) is 2.49. The fraction of sp³-hybridized carbons (Fsp3) is 1.00. The van der Waals surface area contributed by atoms with Crippen LogP contribution in [0, 0.1) is 0 Å². The molecule has 0 bridgehead atoms. The van der Waals surface area contributed by atoms with Crippen LogP contribution in [0.1, 0.15) is 84.0 Å². The Labute approximate surface area is 142 Å². The van der Waals surface area contributed by atoms with E-state index in [2.05, 4.69) is 21.0 Å². The molecule has 22 heavy (non-hydrogen) atoms. The molecule has 1 heterocycles. The number of hydrogen-bond donors (Lipinski definition) is 0. The van der Waals surface area contributed by atoms with Crippen LogP contribution < -0.4 is 0 Å². The normalized spacial score (nSPS) is 20.0. The summed E-state index contributed by atoms with van der Waals surface area (Å²) in [6, 6.07) is 0. The van der Waals surface area contributed by atoms with E-state index >= 15 is 0 Å². The summed E-state index contributed by atoms with van der Waals surface area (Å²) in [4.78, 5) is 0. The van der Waals surface area contributed by atoms with Gasteiger partial charge in [-0.15, -0.1) is 0 Å². The monoisotopic (exact) mass is 328 g/mol. The molecule has 0 saturated carbocycles. The first-order valence-electron chi connectivity index (χ1n) is 10.0. The standard InChI is InChI=1S/C19H42NOSi/c1-4-5-6-7-8-9-10-11-12-13-16-20(2,3)22-19-15-14-17-21-18-19/h19H,4-18,22H2,1-3H3/q+1. The van der Waals surface area contributed by atoms with Crippen LogP contribution in [0.5, 0.6) is 0 Å². The minimum atomic E-state index is -0.0500. The molecule has 0 N–H and O–H groups in total. The smallest absolute Gasteiger partial charge is 0.260 e. The van der Waals surface area contributed by atoms with Gasteiger partial charge in [-0.1, -0.05) is 58.3 Å². The Hall–Kier alpha value is 0.137. The van der Waals surface area contributed by atoms with Gasteiger partial charge in [-0.25, -0.2) is 0 Å². The summed E-state index contributed by atoms with van der Waals surface area (Å²) in [5.41, 5.74) is 0.937. The van der Waals surface area contributed by atoms with Crippen molar-refractivity contribution in [3.05, 3.63) is 0 Å². The predicted octanol–water partition coefficient (Wildman–Crippen LogP) is 4.67. The van der Waals surface area contributed by atoms with E-state index < -0.39 is 0 Å². The predicted molar refractivity (Wildman–Crippen MR) is 101 cm³/mol. The van der Waals surface area contributed by atoms with Crippen molar-refractivity contribution in [2.75, 3.05) is 33.9 Å². The fourth-order valence-corrected chi connectivity index (χ4v) is 6.32. The molecule has 1 rings (SSSR count). The van der Waals surface area contributed by atoms with E-state index in [4.69, 9.17) is 4.74 Å². The first-order valence-corrected chi connectivity index (χ1v) is 11.5. The highest BCUT2D eigenvalue weighted by Crippen LogP contribution is 2.21. The molecule has 0 aromatic carbocycles. The number of nitrogens with zero attached hydrogens (tertiary/aromatic N) is 1. The van der Waals surface area contributed by atoms with Crippen LogP contribution >= 0.6 is 0 Å². The van der Waals surface area contributed by atoms with Gasteiger partial charge >= 0.3 is 0 Å². The summed E-state index contributed by atoms with van der Waals surface area (Å²) >= 11 is 0. The van der Waals surface area contributed by atoms with E-state index in [0.717, 1.165) is 18.8 Å². The van der Waals surface area contributed by atoms with E-state index in [-0.39, 0.29) is 9.68 Å². The molecule has 3 heteroatoms. The molecule has 1 unspecified atom stereocenters. The lowest BCUT2D eigenvalue weighted by atomic mass is 10.1. The van der Waals surface area contributed by atoms with Crippen molar-refractivity contribution >= 4 is 9.68 Å². The van der Waals surface area contributed by atoms with Crippen LogP contribution in [-0.2, 0) is 4.74 Å². The van der Waals surface area contributed by atoms with E-state index in [9.17, 15) is 0 Å². The Balaban J connectivity index is 1.92. The number of rotatable bonds is 13. The minimum absolute atomic E-state index is 0.0500. The Morgan fingerprint density at radius 3 is 2.05 bits per heavy atom. The van der Waals surface area contributed by atoms with Crippen molar-refractivity contribution in [2.45, 2.75) is 89.5 Å². The molecule has 1 fully saturated rings. The molecule has 0 aliphatic carbocycles. The number of quaternary nitrogens is 1. The van der Waals surface area contributed by atoms with E-state index in [0.29, 0.717) is 0 Å². The quantitative estimate of drug-likeness (QED) is 0.353. The summed E-state index contributed by atoms with van der Waals surface area (Å²) in [7, 11) is 4.88. The van der Waals surface area contributed by atoms with Crippen molar-refractivity contribution < 1.29 is 8.89 Å². The van der Waals surface area contributed by atoms with E-state index in [1.54, 1.807) is 0 Å². The number of hydrogen-bond acceptors (Lipinski definition) is 1. The number of ether oxygens (including phenoxy) is 1. The Morgan fingerprint density at radius 2 is 1.50 bits per heavy atom. The highest BCUT2D eigenvalue weighted by Gasteiger charge is 2.25. The Kier molecular flexibility index (Phi) is 11.5. The zero-order chi connectivity index (χ0) is 16.1. The van der Waals surface area contributed by atoms with Gasteiger partial charge in [-0.05, 0) is 25.7 Å². The zero-order valence-corrected chi connectivity index (χ0v) is 17.2. The van der Waals surface area contributed by atoms with Crippen molar-refractivity contribution in [3.63, 3.8) is 0 Å². The molecular weight excluding hydrogens is 286 g/mol. The van der Waals surface area contributed by atoms with Crippen molar-refractivity contribution in [2.24, 2.45) is 0 Å². The lowest BCUT2D eigenvalue weighted by Gasteiger charge is -2.35. The third-order valence-electron chi connectivity index (χ3n) is 5.12. The van der Waals surface area contributed by atoms with Crippen LogP contribution in [0.15, 0.2) is 0 Å². The van der Waals surface area contributed by atoms with Crippen LogP contribution in [0.2, 0.25) is 5.54 Å². The molecule has 0 aromatic heterocycles. The molecule has 0 spiro atoms. The van der Waals surface area contributed by atoms with Crippen LogP contribution in [0.3, 0.4) is 0 Å². The van der Waals surface area contributed by atoms with Gasteiger partial charge in [0.05, 0.1) is 27.2 Å². The first-order chi connectivity index (χ1) is 10.6. The largest absolute Gasteiger partial charge is 0.393 e. The molecule has 1 aliphatic rings. The maximum absolute atomic E-state index is 5.66. The van der Waals surface area contributed by atoms with Crippen molar-refractivity contribution in [1.29, 1.82) is 0 Å². The lowest BCUT2D eigenvalue weighted by Crippen LogP contribution is -2.47. The van der Waals surface area contributed by atoms with Gasteiger partial charge in [-0.3, -0.25) is 0 Å². The molecule has 132 valence electrons. The molecule has 1 saturated heterocycles. The zero-order valence-electron chi connectivity index (χ0n) is 15.7. The molecule has 0 aromatic rings. The third-order valence-corrected chi connectivity index (χ3v) is 7.59. The second-order valence-corrected chi connectivity index (χ2v) is 11.3. The van der Waals surface area contributed by atoms with Crippen molar-refractivity contribution in [3.8, 4) is 0 Å². The molecule has 2 nitrogen and oxygen atoms in total. The molecular formula is C19H42NOSi+. The van der Waals surface area contributed by atoms with Gasteiger partial charge in [0.2, 0.25) is 0 Å². The fourth-order valence-electron chi connectivity index (χ4n) is 3.77. The average molecular weight is 329 g/mol. The Morgan fingerprint density at radius 1 is 0.909 bits per heavy atom. The van der Waals surface area contributed by atoms with Crippen LogP contribution in [-0.4, -0.2) is 47.7 Å². The second kappa shape index (κ2) is 12.5. The summed E-state index contributed by atoms with van der Waals surface area (Å²) in [6.07, 6.45) is 17.2. The Bertz CT molecular complexity index is 252. The number of unbranched alkanes of at least 4 members (excludes halogenated alkanes) is 9. The maximum Gasteiger partial charge on any atom is 0.260 e. The third kappa shape index (κ3) is 10.8. The van der Waals surface area contributed by atoms with Crippen molar-refractivity contribution in [1.82, 2.24) is 0 Å². The SMILES string of the molecule is CCCCCCCCCCCC[N+](C)(C)[SiH2]C1CCCOC1. The highest BCUT2D eigenvalue weighted by molar-refractivity contribution is 6.28. The van der Waals surface area contributed by atoms with Gasteiger partial charge in [0, 0.05) is 12.1 Å². The van der Waals surface area contributed by atoms with Gasteiger partial charge in [0.25, 0.3) is 9.68 Å². The van der Waals surface area contributed by atoms with Crippen LogP contribution in [0.25, 0.3) is 0 Å². The summed E-state index contributed by atoms with van der Waals surface area (Å²) in [6.45, 7) is 5.77. The maximum atomic E-state index is 5.66. The topological polar surface area (TPSA) is 9.23 Å². The molecule has 0 amide bonds. The summed E-state index contributed by atoms with van der Waals surface area (Å²) < 4.78 is 6.98.